The molecule has 0 atom stereocenters. The molecule has 2 rings (SSSR count). The summed E-state index contributed by atoms with van der Waals surface area (Å²) in [6, 6.07) is 0.716. The minimum Gasteiger partial charge on any atom is -0.385 e. The number of ether oxygens (including phenoxy) is 1. The van der Waals surface area contributed by atoms with Crippen molar-refractivity contribution in [3.63, 3.8) is 0 Å². The molecule has 0 aromatic carbocycles. The highest BCUT2D eigenvalue weighted by molar-refractivity contribution is 4.86. The second-order valence-corrected chi connectivity index (χ2v) is 4.28. The summed E-state index contributed by atoms with van der Waals surface area (Å²) in [5, 5.41) is 7.81. The van der Waals surface area contributed by atoms with Crippen molar-refractivity contribution in [3.05, 3.63) is 12.2 Å². The zero-order valence-electron chi connectivity index (χ0n) is 9.85. The van der Waals surface area contributed by atoms with Crippen LogP contribution in [0.2, 0.25) is 0 Å². The van der Waals surface area contributed by atoms with Gasteiger partial charge in [0, 0.05) is 26.3 Å². The molecule has 1 aromatic heterocycles. The van der Waals surface area contributed by atoms with Gasteiger partial charge in [0.2, 0.25) is 0 Å². The minimum absolute atomic E-state index is 0.716. The van der Waals surface area contributed by atoms with Crippen molar-refractivity contribution in [3.8, 4) is 0 Å². The highest BCUT2D eigenvalue weighted by Gasteiger charge is 2.20. The summed E-state index contributed by atoms with van der Waals surface area (Å²) in [5.74, 6) is 0.902. The molecule has 1 saturated carbocycles. The largest absolute Gasteiger partial charge is 0.385 e. The SMILES string of the molecule is COCCCCn1cnc(CNC2CC2)n1. The van der Waals surface area contributed by atoms with Crippen LogP contribution in [0, 0.1) is 0 Å². The molecule has 0 saturated heterocycles. The molecular weight excluding hydrogens is 204 g/mol. The van der Waals surface area contributed by atoms with Gasteiger partial charge in [-0.15, -0.1) is 0 Å². The summed E-state index contributed by atoms with van der Waals surface area (Å²) in [4.78, 5) is 4.27. The molecule has 1 fully saturated rings. The number of rotatable bonds is 8. The Hall–Kier alpha value is -0.940. The number of methoxy groups -OCH3 is 1. The summed E-state index contributed by atoms with van der Waals surface area (Å²) in [6.45, 7) is 2.56. The predicted octanol–water partition coefficient (Wildman–Crippen LogP) is 0.957. The van der Waals surface area contributed by atoms with Crippen LogP contribution in [-0.2, 0) is 17.8 Å². The number of nitrogens with one attached hydrogen (secondary N) is 1. The van der Waals surface area contributed by atoms with Crippen LogP contribution in [0.1, 0.15) is 31.5 Å². The topological polar surface area (TPSA) is 52.0 Å². The van der Waals surface area contributed by atoms with Crippen LogP contribution in [0.4, 0.5) is 0 Å². The summed E-state index contributed by atoms with van der Waals surface area (Å²) < 4.78 is 6.92. The summed E-state index contributed by atoms with van der Waals surface area (Å²) >= 11 is 0. The van der Waals surface area contributed by atoms with Gasteiger partial charge in [-0.1, -0.05) is 0 Å². The van der Waals surface area contributed by atoms with Crippen LogP contribution in [-0.4, -0.2) is 34.5 Å². The maximum atomic E-state index is 5.00. The van der Waals surface area contributed by atoms with E-state index in [9.17, 15) is 0 Å². The summed E-state index contributed by atoms with van der Waals surface area (Å²) in [5.41, 5.74) is 0. The third-order valence-corrected chi connectivity index (χ3v) is 2.70. The molecule has 0 unspecified atom stereocenters. The lowest BCUT2D eigenvalue weighted by Gasteiger charge is -2.00. The maximum Gasteiger partial charge on any atom is 0.164 e. The van der Waals surface area contributed by atoms with E-state index in [1.807, 2.05) is 11.0 Å². The first-order chi connectivity index (χ1) is 7.88. The van der Waals surface area contributed by atoms with Gasteiger partial charge in [0.1, 0.15) is 6.33 Å². The summed E-state index contributed by atoms with van der Waals surface area (Å²) in [7, 11) is 1.73. The standard InChI is InChI=1S/C11H20N4O/c1-16-7-3-2-6-15-9-13-11(14-15)8-12-10-4-5-10/h9-10,12H,2-8H2,1H3. The Kier molecular flexibility index (Phi) is 4.30. The van der Waals surface area contributed by atoms with Gasteiger partial charge in [0.25, 0.3) is 0 Å². The van der Waals surface area contributed by atoms with E-state index in [4.69, 9.17) is 4.74 Å². The fourth-order valence-electron chi connectivity index (χ4n) is 1.57. The van der Waals surface area contributed by atoms with E-state index in [0.29, 0.717) is 6.04 Å². The Morgan fingerprint density at radius 3 is 3.12 bits per heavy atom. The van der Waals surface area contributed by atoms with Gasteiger partial charge in [-0.3, -0.25) is 4.68 Å². The molecule has 0 radical (unpaired) electrons. The van der Waals surface area contributed by atoms with Crippen LogP contribution in [0.25, 0.3) is 0 Å². The average Bonchev–Trinajstić information content (AvgIpc) is 3.02. The lowest BCUT2D eigenvalue weighted by atomic mass is 10.3. The van der Waals surface area contributed by atoms with Gasteiger partial charge < -0.3 is 10.1 Å². The smallest absolute Gasteiger partial charge is 0.164 e. The fraction of sp³-hybridized carbons (Fsp3) is 0.818. The highest BCUT2D eigenvalue weighted by atomic mass is 16.5. The van der Waals surface area contributed by atoms with Crippen LogP contribution in [0.3, 0.4) is 0 Å². The number of unbranched alkanes of at least 4 members (excludes halogenated alkanes) is 1. The Morgan fingerprint density at radius 1 is 1.50 bits per heavy atom. The van der Waals surface area contributed by atoms with Crippen LogP contribution in [0.15, 0.2) is 6.33 Å². The molecule has 0 bridgehead atoms. The fourth-order valence-corrected chi connectivity index (χ4v) is 1.57. The lowest BCUT2D eigenvalue weighted by molar-refractivity contribution is 0.191. The van der Waals surface area contributed by atoms with Crippen molar-refractivity contribution in [1.82, 2.24) is 20.1 Å². The summed E-state index contributed by atoms with van der Waals surface area (Å²) in [6.07, 6.45) is 6.59. The van der Waals surface area contributed by atoms with Gasteiger partial charge in [0.15, 0.2) is 5.82 Å². The second-order valence-electron chi connectivity index (χ2n) is 4.28. The molecule has 0 amide bonds. The molecule has 0 aliphatic heterocycles. The van der Waals surface area contributed by atoms with Gasteiger partial charge in [-0.25, -0.2) is 4.98 Å². The Balaban J connectivity index is 1.64. The molecule has 1 aliphatic carbocycles. The molecule has 1 N–H and O–H groups in total. The van der Waals surface area contributed by atoms with E-state index in [1.165, 1.54) is 12.8 Å². The normalized spacial score (nSPS) is 15.6. The molecule has 16 heavy (non-hydrogen) atoms. The van der Waals surface area contributed by atoms with Crippen molar-refractivity contribution >= 4 is 0 Å². The molecule has 0 spiro atoms. The van der Waals surface area contributed by atoms with E-state index in [-0.39, 0.29) is 0 Å². The van der Waals surface area contributed by atoms with E-state index in [0.717, 1.165) is 38.4 Å². The molecule has 5 heteroatoms. The zero-order chi connectivity index (χ0) is 11.2. The lowest BCUT2D eigenvalue weighted by Crippen LogP contribution is -2.16. The van der Waals surface area contributed by atoms with Crippen molar-refractivity contribution in [2.75, 3.05) is 13.7 Å². The van der Waals surface area contributed by atoms with Crippen molar-refractivity contribution in [1.29, 1.82) is 0 Å². The second kappa shape index (κ2) is 5.96. The first-order valence-electron chi connectivity index (χ1n) is 5.99. The number of aryl methyl sites for hydroxylation is 1. The average molecular weight is 224 g/mol. The van der Waals surface area contributed by atoms with Crippen molar-refractivity contribution in [2.24, 2.45) is 0 Å². The van der Waals surface area contributed by atoms with Crippen LogP contribution >= 0.6 is 0 Å². The van der Waals surface area contributed by atoms with E-state index < -0.39 is 0 Å². The quantitative estimate of drug-likeness (QED) is 0.668. The number of hydrogen-bond donors (Lipinski definition) is 1. The highest BCUT2D eigenvalue weighted by Crippen LogP contribution is 2.18. The molecule has 1 heterocycles. The molecule has 1 aliphatic rings. The number of nitrogens with zero attached hydrogens (tertiary/aromatic N) is 3. The third-order valence-electron chi connectivity index (χ3n) is 2.70. The van der Waals surface area contributed by atoms with Crippen molar-refractivity contribution < 1.29 is 4.74 Å². The van der Waals surface area contributed by atoms with Gasteiger partial charge >= 0.3 is 0 Å². The van der Waals surface area contributed by atoms with Crippen LogP contribution in [0.5, 0.6) is 0 Å². The first kappa shape index (κ1) is 11.5. The maximum absolute atomic E-state index is 5.00. The predicted molar refractivity (Wildman–Crippen MR) is 61.0 cm³/mol. The molecule has 90 valence electrons. The Morgan fingerprint density at radius 2 is 2.38 bits per heavy atom. The van der Waals surface area contributed by atoms with Gasteiger partial charge in [0.05, 0.1) is 6.54 Å². The Bertz CT molecular complexity index is 309. The van der Waals surface area contributed by atoms with Crippen LogP contribution < -0.4 is 5.32 Å². The minimum atomic E-state index is 0.716. The first-order valence-corrected chi connectivity index (χ1v) is 5.99. The van der Waals surface area contributed by atoms with Gasteiger partial charge in [-0.05, 0) is 25.7 Å². The van der Waals surface area contributed by atoms with E-state index >= 15 is 0 Å². The van der Waals surface area contributed by atoms with Gasteiger partial charge in [-0.2, -0.15) is 5.10 Å². The Labute approximate surface area is 96.2 Å². The third kappa shape index (κ3) is 3.90. The monoisotopic (exact) mass is 224 g/mol. The number of hydrogen-bond acceptors (Lipinski definition) is 4. The van der Waals surface area contributed by atoms with E-state index in [1.54, 1.807) is 7.11 Å². The van der Waals surface area contributed by atoms with E-state index in [2.05, 4.69) is 15.4 Å². The molecule has 1 aromatic rings. The molecule has 5 nitrogen and oxygen atoms in total. The zero-order valence-corrected chi connectivity index (χ0v) is 9.85. The van der Waals surface area contributed by atoms with Crippen molar-refractivity contribution in [2.45, 2.75) is 44.8 Å². The number of aromatic nitrogens is 3. The molecular formula is C11H20N4O.